The zero-order valence-electron chi connectivity index (χ0n) is 11.8. The second kappa shape index (κ2) is 6.77. The van der Waals surface area contributed by atoms with E-state index >= 15 is 0 Å². The minimum absolute atomic E-state index is 0.579. The number of hydrogen-bond acceptors (Lipinski definition) is 1. The Balaban J connectivity index is 1.68. The van der Waals surface area contributed by atoms with Gasteiger partial charge in [-0.3, -0.25) is 0 Å². The highest BCUT2D eigenvalue weighted by Crippen LogP contribution is 2.18. The van der Waals surface area contributed by atoms with Crippen LogP contribution in [0.25, 0.3) is 10.8 Å². The Morgan fingerprint density at radius 1 is 0.955 bits per heavy atom. The average molecular weight is 327 g/mol. The molecule has 0 aliphatic heterocycles. The summed E-state index contributed by atoms with van der Waals surface area (Å²) in [7, 11) is 0. The van der Waals surface area contributed by atoms with E-state index in [1.807, 2.05) is 36.4 Å². The van der Waals surface area contributed by atoms with Gasteiger partial charge in [-0.15, -0.1) is 0 Å². The summed E-state index contributed by atoms with van der Waals surface area (Å²) in [4.78, 5) is 0. The van der Waals surface area contributed by atoms with Crippen LogP contribution in [0.15, 0.2) is 66.7 Å². The summed E-state index contributed by atoms with van der Waals surface area (Å²) in [5, 5.41) is 10.1. The van der Waals surface area contributed by atoms with Crippen LogP contribution in [0.2, 0.25) is 5.02 Å². The van der Waals surface area contributed by atoms with E-state index in [1.165, 1.54) is 16.3 Å². The zero-order valence-corrected chi connectivity index (χ0v) is 13.4. The van der Waals surface area contributed by atoms with Crippen LogP contribution < -0.4 is 10.6 Å². The number of nitrogens with one attached hydrogen (secondary N) is 2. The number of rotatable bonds is 3. The van der Waals surface area contributed by atoms with E-state index in [1.54, 1.807) is 0 Å². The molecule has 0 spiro atoms. The first-order valence-corrected chi connectivity index (χ1v) is 7.78. The van der Waals surface area contributed by atoms with Crippen molar-refractivity contribution >= 4 is 45.4 Å². The molecule has 0 unspecified atom stereocenters. The van der Waals surface area contributed by atoms with Crippen molar-refractivity contribution in [3.05, 3.63) is 77.3 Å². The molecule has 4 heteroatoms. The third kappa shape index (κ3) is 3.56. The van der Waals surface area contributed by atoms with Crippen molar-refractivity contribution in [2.75, 3.05) is 5.32 Å². The molecular formula is C18H15ClN2S. The van der Waals surface area contributed by atoms with Gasteiger partial charge in [0, 0.05) is 17.3 Å². The molecule has 110 valence electrons. The monoisotopic (exact) mass is 326 g/mol. The molecule has 0 radical (unpaired) electrons. The fourth-order valence-corrected chi connectivity index (χ4v) is 2.74. The smallest absolute Gasteiger partial charge is 0.171 e. The van der Waals surface area contributed by atoms with Gasteiger partial charge in [0.25, 0.3) is 0 Å². The van der Waals surface area contributed by atoms with E-state index in [9.17, 15) is 0 Å². The maximum atomic E-state index is 5.96. The van der Waals surface area contributed by atoms with Crippen LogP contribution in [0.5, 0.6) is 0 Å². The summed E-state index contributed by atoms with van der Waals surface area (Å²) in [6, 6.07) is 22.1. The van der Waals surface area contributed by atoms with Crippen molar-refractivity contribution in [3.63, 3.8) is 0 Å². The highest BCUT2D eigenvalue weighted by molar-refractivity contribution is 7.80. The molecule has 0 saturated heterocycles. The summed E-state index contributed by atoms with van der Waals surface area (Å²) in [5.74, 6) is 0. The summed E-state index contributed by atoms with van der Waals surface area (Å²) >= 11 is 11.3. The minimum Gasteiger partial charge on any atom is -0.358 e. The lowest BCUT2D eigenvalue weighted by molar-refractivity contribution is 0.934. The maximum Gasteiger partial charge on any atom is 0.171 e. The van der Waals surface area contributed by atoms with Gasteiger partial charge in [-0.2, -0.15) is 0 Å². The molecule has 0 aliphatic carbocycles. The van der Waals surface area contributed by atoms with Gasteiger partial charge >= 0.3 is 0 Å². The van der Waals surface area contributed by atoms with Gasteiger partial charge in [-0.05, 0) is 46.8 Å². The number of halogens is 1. The fourth-order valence-electron chi connectivity index (χ4n) is 2.36. The molecule has 0 saturated carbocycles. The maximum absolute atomic E-state index is 5.96. The summed E-state index contributed by atoms with van der Waals surface area (Å²) in [5.41, 5.74) is 2.09. The zero-order chi connectivity index (χ0) is 15.4. The van der Waals surface area contributed by atoms with Gasteiger partial charge < -0.3 is 10.6 Å². The Bertz CT molecular complexity index is 812. The van der Waals surface area contributed by atoms with Crippen LogP contribution in [-0.2, 0) is 6.54 Å². The van der Waals surface area contributed by atoms with Crippen LogP contribution >= 0.6 is 23.8 Å². The number of anilines is 1. The van der Waals surface area contributed by atoms with Gasteiger partial charge in [-0.25, -0.2) is 0 Å². The normalized spacial score (nSPS) is 10.4. The van der Waals surface area contributed by atoms with E-state index in [-0.39, 0.29) is 0 Å². The number of fused-ring (bicyclic) bond motifs is 1. The first-order valence-electron chi connectivity index (χ1n) is 6.99. The van der Waals surface area contributed by atoms with E-state index < -0.39 is 0 Å². The lowest BCUT2D eigenvalue weighted by Crippen LogP contribution is -2.27. The third-order valence-corrected chi connectivity index (χ3v) is 3.88. The molecule has 3 rings (SSSR count). The van der Waals surface area contributed by atoms with Gasteiger partial charge in [0.15, 0.2) is 5.11 Å². The van der Waals surface area contributed by atoms with Gasteiger partial charge in [0.05, 0.1) is 0 Å². The molecule has 2 nitrogen and oxygen atoms in total. The standard InChI is InChI=1S/C18H15ClN2S/c19-15-8-4-9-16(11-15)21-18(22)20-12-14-7-3-6-13-5-1-2-10-17(13)14/h1-11H,12H2,(H2,20,21,22). The molecule has 0 heterocycles. The largest absolute Gasteiger partial charge is 0.358 e. The molecule has 0 aliphatic rings. The average Bonchev–Trinajstić information content (AvgIpc) is 2.53. The molecule has 0 amide bonds. The fraction of sp³-hybridized carbons (Fsp3) is 0.0556. The van der Waals surface area contributed by atoms with Crippen LogP contribution in [-0.4, -0.2) is 5.11 Å². The highest BCUT2D eigenvalue weighted by Gasteiger charge is 2.02. The van der Waals surface area contributed by atoms with Crippen molar-refractivity contribution < 1.29 is 0 Å². The Morgan fingerprint density at radius 2 is 1.73 bits per heavy atom. The quantitative estimate of drug-likeness (QED) is 0.664. The summed E-state index contributed by atoms with van der Waals surface area (Å²) < 4.78 is 0. The van der Waals surface area contributed by atoms with Gasteiger partial charge in [0.2, 0.25) is 0 Å². The first-order chi connectivity index (χ1) is 10.7. The Morgan fingerprint density at radius 3 is 2.59 bits per heavy atom. The van der Waals surface area contributed by atoms with Crippen molar-refractivity contribution in [3.8, 4) is 0 Å². The number of thiocarbonyl (C=S) groups is 1. The summed E-state index contributed by atoms with van der Waals surface area (Å²) in [6.45, 7) is 0.674. The lowest BCUT2D eigenvalue weighted by Gasteiger charge is -2.12. The minimum atomic E-state index is 0.579. The first kappa shape index (κ1) is 14.8. The van der Waals surface area contributed by atoms with E-state index in [2.05, 4.69) is 41.0 Å². The topological polar surface area (TPSA) is 24.1 Å². The molecule has 3 aromatic carbocycles. The van der Waals surface area contributed by atoms with E-state index in [0.29, 0.717) is 16.7 Å². The Hall–Kier alpha value is -2.10. The Kier molecular flexibility index (Phi) is 4.56. The second-order valence-electron chi connectivity index (χ2n) is 4.96. The van der Waals surface area contributed by atoms with Gasteiger partial charge in [-0.1, -0.05) is 60.1 Å². The van der Waals surface area contributed by atoms with Gasteiger partial charge in [0.1, 0.15) is 0 Å². The van der Waals surface area contributed by atoms with Crippen molar-refractivity contribution in [2.24, 2.45) is 0 Å². The van der Waals surface area contributed by atoms with E-state index in [4.69, 9.17) is 23.8 Å². The number of hydrogen-bond donors (Lipinski definition) is 2. The van der Waals surface area contributed by atoms with Crippen LogP contribution in [0.4, 0.5) is 5.69 Å². The second-order valence-corrected chi connectivity index (χ2v) is 5.80. The van der Waals surface area contributed by atoms with Crippen LogP contribution in [0.3, 0.4) is 0 Å². The third-order valence-electron chi connectivity index (χ3n) is 3.40. The highest BCUT2D eigenvalue weighted by atomic mass is 35.5. The van der Waals surface area contributed by atoms with Crippen molar-refractivity contribution in [2.45, 2.75) is 6.54 Å². The molecule has 0 aromatic heterocycles. The number of benzene rings is 3. The van der Waals surface area contributed by atoms with Crippen molar-refractivity contribution in [1.29, 1.82) is 0 Å². The molecule has 0 fully saturated rings. The Labute approximate surface area is 140 Å². The molecule has 0 bridgehead atoms. The predicted molar refractivity (Wildman–Crippen MR) is 98.5 cm³/mol. The predicted octanol–water partition coefficient (Wildman–Crippen LogP) is 4.98. The van der Waals surface area contributed by atoms with E-state index in [0.717, 1.165) is 5.69 Å². The molecule has 0 atom stereocenters. The molecule has 3 aromatic rings. The van der Waals surface area contributed by atoms with Crippen molar-refractivity contribution in [1.82, 2.24) is 5.32 Å². The lowest BCUT2D eigenvalue weighted by atomic mass is 10.0. The molecule has 22 heavy (non-hydrogen) atoms. The molecular weight excluding hydrogens is 312 g/mol. The van der Waals surface area contributed by atoms with Crippen LogP contribution in [0.1, 0.15) is 5.56 Å². The SMILES string of the molecule is S=C(NCc1cccc2ccccc12)Nc1cccc(Cl)c1. The summed E-state index contributed by atoms with van der Waals surface area (Å²) in [6.07, 6.45) is 0. The van der Waals surface area contributed by atoms with Crippen LogP contribution in [0, 0.1) is 0 Å². The molecule has 2 N–H and O–H groups in total.